The molecule has 2 nitrogen and oxygen atoms in total. The van der Waals surface area contributed by atoms with Crippen molar-refractivity contribution in [3.8, 4) is 5.75 Å². The number of ether oxygens (including phenoxy) is 2. The van der Waals surface area contributed by atoms with Gasteiger partial charge in [-0.25, -0.2) is 0 Å². The molecule has 0 bridgehead atoms. The minimum Gasteiger partial charge on any atom is -0.497 e. The summed E-state index contributed by atoms with van der Waals surface area (Å²) < 4.78 is 11.7. The van der Waals surface area contributed by atoms with Gasteiger partial charge in [0.15, 0.2) is 0 Å². The Morgan fingerprint density at radius 2 is 1.94 bits per heavy atom. The number of hydrogen-bond donors (Lipinski definition) is 0. The van der Waals surface area contributed by atoms with Crippen LogP contribution in [0.15, 0.2) is 33.7 Å². The molecule has 0 heterocycles. The van der Waals surface area contributed by atoms with Crippen LogP contribution in [0.1, 0.15) is 18.4 Å². The molecular formula is C13H16Br2O2. The van der Waals surface area contributed by atoms with Crippen molar-refractivity contribution in [1.29, 1.82) is 0 Å². The highest BCUT2D eigenvalue weighted by Gasteiger charge is 1.94. The Bertz CT molecular complexity index is 343. The first-order chi connectivity index (χ1) is 8.22. The summed E-state index contributed by atoms with van der Waals surface area (Å²) in [4.78, 5) is 0. The van der Waals surface area contributed by atoms with Crippen molar-refractivity contribution in [2.45, 2.75) is 19.4 Å². The molecule has 94 valence electrons. The second kappa shape index (κ2) is 8.72. The third-order valence-electron chi connectivity index (χ3n) is 2.22. The first kappa shape index (κ1) is 14.7. The molecule has 4 heteroatoms. The van der Waals surface area contributed by atoms with Crippen LogP contribution < -0.4 is 4.74 Å². The van der Waals surface area contributed by atoms with Crippen LogP contribution in [0.25, 0.3) is 0 Å². The average Bonchev–Trinajstić information content (AvgIpc) is 2.34. The maximum absolute atomic E-state index is 5.57. The summed E-state index contributed by atoms with van der Waals surface area (Å²) in [5.74, 6) is 0.876. The van der Waals surface area contributed by atoms with E-state index in [4.69, 9.17) is 9.47 Å². The summed E-state index contributed by atoms with van der Waals surface area (Å²) in [7, 11) is 1.67. The van der Waals surface area contributed by atoms with E-state index in [2.05, 4.69) is 37.9 Å². The van der Waals surface area contributed by atoms with Gasteiger partial charge in [0.2, 0.25) is 0 Å². The van der Waals surface area contributed by atoms with Gasteiger partial charge in [0.1, 0.15) is 5.75 Å². The van der Waals surface area contributed by atoms with Crippen molar-refractivity contribution in [3.63, 3.8) is 0 Å². The summed E-state index contributed by atoms with van der Waals surface area (Å²) in [5.41, 5.74) is 1.17. The van der Waals surface area contributed by atoms with Crippen LogP contribution in [0.2, 0.25) is 0 Å². The predicted molar refractivity (Wildman–Crippen MR) is 77.8 cm³/mol. The quantitative estimate of drug-likeness (QED) is 0.658. The van der Waals surface area contributed by atoms with E-state index in [9.17, 15) is 0 Å². The van der Waals surface area contributed by atoms with Gasteiger partial charge in [0, 0.05) is 6.61 Å². The molecular weight excluding hydrogens is 348 g/mol. The fraction of sp³-hybridized carbons (Fsp3) is 0.385. The predicted octanol–water partition coefficient (Wildman–Crippen LogP) is 4.62. The van der Waals surface area contributed by atoms with Gasteiger partial charge in [-0.2, -0.15) is 0 Å². The van der Waals surface area contributed by atoms with Crippen molar-refractivity contribution in [3.05, 3.63) is 39.3 Å². The fourth-order valence-electron chi connectivity index (χ4n) is 1.31. The number of hydrogen-bond acceptors (Lipinski definition) is 2. The lowest BCUT2D eigenvalue weighted by Crippen LogP contribution is -1.95. The van der Waals surface area contributed by atoms with Crippen molar-refractivity contribution in [1.82, 2.24) is 0 Å². The molecule has 1 rings (SSSR count). The number of benzene rings is 1. The normalized spacial score (nSPS) is 10.1. The van der Waals surface area contributed by atoms with Gasteiger partial charge in [0.25, 0.3) is 0 Å². The number of rotatable bonds is 7. The number of allylic oxidation sites excluding steroid dienone is 1. The minimum absolute atomic E-state index is 0.656. The standard InChI is InChI=1S/C13H16Br2O2/c1-16-12-7-5-11(6-8-12)10-17-9-3-2-4-13(14)15/h4-8H,2-3,9-10H2,1H3. The lowest BCUT2D eigenvalue weighted by Gasteiger charge is -2.04. The van der Waals surface area contributed by atoms with Crippen LogP contribution in [0, 0.1) is 0 Å². The molecule has 0 aliphatic rings. The molecule has 0 unspecified atom stereocenters. The molecule has 0 fully saturated rings. The van der Waals surface area contributed by atoms with Crippen LogP contribution in [0.3, 0.4) is 0 Å². The van der Waals surface area contributed by atoms with Crippen LogP contribution in [0.5, 0.6) is 5.75 Å². The molecule has 1 aromatic rings. The summed E-state index contributed by atoms with van der Waals surface area (Å²) in [5, 5.41) is 0. The number of halogens is 2. The highest BCUT2D eigenvalue weighted by molar-refractivity contribution is 9.28. The van der Waals surface area contributed by atoms with E-state index in [1.165, 1.54) is 5.56 Å². The Hall–Kier alpha value is -0.320. The van der Waals surface area contributed by atoms with Crippen molar-refractivity contribution in [2.24, 2.45) is 0 Å². The molecule has 0 saturated carbocycles. The highest BCUT2D eigenvalue weighted by atomic mass is 79.9. The van der Waals surface area contributed by atoms with E-state index in [0.29, 0.717) is 6.61 Å². The van der Waals surface area contributed by atoms with E-state index < -0.39 is 0 Å². The topological polar surface area (TPSA) is 18.5 Å². The van der Waals surface area contributed by atoms with Crippen LogP contribution in [0.4, 0.5) is 0 Å². The molecule has 0 atom stereocenters. The molecule has 0 saturated heterocycles. The number of unbranched alkanes of at least 4 members (excludes halogenated alkanes) is 1. The van der Waals surface area contributed by atoms with Gasteiger partial charge >= 0.3 is 0 Å². The zero-order chi connectivity index (χ0) is 12.5. The van der Waals surface area contributed by atoms with Crippen molar-refractivity contribution in [2.75, 3.05) is 13.7 Å². The van der Waals surface area contributed by atoms with Crippen LogP contribution in [-0.2, 0) is 11.3 Å². The largest absolute Gasteiger partial charge is 0.497 e. The lowest BCUT2D eigenvalue weighted by atomic mass is 10.2. The van der Waals surface area contributed by atoms with Gasteiger partial charge in [-0.15, -0.1) is 0 Å². The molecule has 1 aromatic carbocycles. The van der Waals surface area contributed by atoms with E-state index >= 15 is 0 Å². The molecule has 0 aromatic heterocycles. The molecule has 0 spiro atoms. The molecule has 17 heavy (non-hydrogen) atoms. The van der Waals surface area contributed by atoms with Gasteiger partial charge in [-0.05, 0) is 62.4 Å². The molecule has 0 amide bonds. The molecule has 0 radical (unpaired) electrons. The van der Waals surface area contributed by atoms with Gasteiger partial charge in [-0.1, -0.05) is 18.2 Å². The Kier molecular flexibility index (Phi) is 7.56. The molecule has 0 aliphatic carbocycles. The number of methoxy groups -OCH3 is 1. The summed E-state index contributed by atoms with van der Waals surface area (Å²) >= 11 is 6.64. The van der Waals surface area contributed by atoms with Crippen molar-refractivity contribution >= 4 is 31.9 Å². The SMILES string of the molecule is COc1ccc(COCCCC=C(Br)Br)cc1. The van der Waals surface area contributed by atoms with E-state index in [1.807, 2.05) is 24.3 Å². The first-order valence-electron chi connectivity index (χ1n) is 5.44. The van der Waals surface area contributed by atoms with Gasteiger partial charge in [-0.3, -0.25) is 0 Å². The summed E-state index contributed by atoms with van der Waals surface area (Å²) in [6, 6.07) is 7.94. The highest BCUT2D eigenvalue weighted by Crippen LogP contribution is 2.14. The smallest absolute Gasteiger partial charge is 0.118 e. The lowest BCUT2D eigenvalue weighted by molar-refractivity contribution is 0.119. The Balaban J connectivity index is 2.15. The monoisotopic (exact) mass is 362 g/mol. The van der Waals surface area contributed by atoms with E-state index in [1.54, 1.807) is 7.11 Å². The van der Waals surface area contributed by atoms with Gasteiger partial charge < -0.3 is 9.47 Å². The molecule has 0 aliphatic heterocycles. The third kappa shape index (κ3) is 6.86. The second-order valence-corrected chi connectivity index (χ2v) is 6.31. The average molecular weight is 364 g/mol. The maximum atomic E-state index is 5.57. The maximum Gasteiger partial charge on any atom is 0.118 e. The first-order valence-corrected chi connectivity index (χ1v) is 7.03. The Morgan fingerprint density at radius 1 is 1.24 bits per heavy atom. The van der Waals surface area contributed by atoms with Crippen LogP contribution >= 0.6 is 31.9 Å². The minimum atomic E-state index is 0.656. The molecule has 0 N–H and O–H groups in total. The second-order valence-electron chi connectivity index (χ2n) is 3.54. The van der Waals surface area contributed by atoms with Crippen molar-refractivity contribution < 1.29 is 9.47 Å². The van der Waals surface area contributed by atoms with E-state index in [-0.39, 0.29) is 0 Å². The Morgan fingerprint density at radius 3 is 2.53 bits per heavy atom. The summed E-state index contributed by atoms with van der Waals surface area (Å²) in [6.07, 6.45) is 4.11. The fourth-order valence-corrected chi connectivity index (χ4v) is 1.77. The Labute approximate surface area is 119 Å². The van der Waals surface area contributed by atoms with Gasteiger partial charge in [0.05, 0.1) is 17.1 Å². The zero-order valence-corrected chi connectivity index (χ0v) is 13.0. The third-order valence-corrected chi connectivity index (χ3v) is 2.87. The summed E-state index contributed by atoms with van der Waals surface area (Å²) in [6.45, 7) is 1.43. The van der Waals surface area contributed by atoms with Crippen LogP contribution in [-0.4, -0.2) is 13.7 Å². The van der Waals surface area contributed by atoms with E-state index in [0.717, 1.165) is 28.6 Å². The zero-order valence-electron chi connectivity index (χ0n) is 9.79.